The van der Waals surface area contributed by atoms with Gasteiger partial charge in [-0.2, -0.15) is 0 Å². The van der Waals surface area contributed by atoms with Gasteiger partial charge in [-0.1, -0.05) is 18.2 Å². The van der Waals surface area contributed by atoms with Gasteiger partial charge in [0.15, 0.2) is 5.82 Å². The molecule has 3 rings (SSSR count). The molecule has 0 aliphatic heterocycles. The molecule has 1 aromatic carbocycles. The van der Waals surface area contributed by atoms with Crippen molar-refractivity contribution in [3.63, 3.8) is 0 Å². The van der Waals surface area contributed by atoms with Gasteiger partial charge in [-0.3, -0.25) is 0 Å². The van der Waals surface area contributed by atoms with Crippen LogP contribution in [0.2, 0.25) is 0 Å². The molecule has 0 aliphatic carbocycles. The van der Waals surface area contributed by atoms with E-state index in [1.807, 2.05) is 37.9 Å². The van der Waals surface area contributed by atoms with Crippen molar-refractivity contribution in [1.82, 2.24) is 14.5 Å². The molecule has 3 aromatic rings. The molecule has 5 nitrogen and oxygen atoms in total. The van der Waals surface area contributed by atoms with Crippen LogP contribution in [0.3, 0.4) is 0 Å². The number of imidazole rings is 1. The Morgan fingerprint density at radius 3 is 2.76 bits per heavy atom. The Bertz CT molecular complexity index is 848. The highest BCUT2D eigenvalue weighted by Crippen LogP contribution is 2.28. The molecule has 1 atom stereocenters. The molecule has 1 unspecified atom stereocenters. The van der Waals surface area contributed by atoms with Crippen LogP contribution in [0.1, 0.15) is 30.8 Å². The first kappa shape index (κ1) is 17.8. The van der Waals surface area contributed by atoms with Crippen LogP contribution in [0, 0.1) is 6.92 Å². The van der Waals surface area contributed by atoms with Crippen LogP contribution in [-0.2, 0) is 11.3 Å². The summed E-state index contributed by atoms with van der Waals surface area (Å²) in [5, 5.41) is 0. The first-order valence-corrected chi connectivity index (χ1v) is 9.42. The van der Waals surface area contributed by atoms with Crippen molar-refractivity contribution in [1.29, 1.82) is 0 Å². The van der Waals surface area contributed by atoms with E-state index in [1.165, 1.54) is 4.90 Å². The summed E-state index contributed by atoms with van der Waals surface area (Å²) < 4.78 is 7.75. The number of hydrogen-bond acceptors (Lipinski definition) is 5. The molecule has 0 spiro atoms. The number of nitrogens with two attached hydrogens (primary N) is 1. The summed E-state index contributed by atoms with van der Waals surface area (Å²) in [5.74, 6) is 2.43. The fraction of sp³-hybridized carbons (Fsp3) is 0.368. The second-order valence-corrected chi connectivity index (χ2v) is 7.21. The number of ether oxygens (including phenoxy) is 1. The quantitative estimate of drug-likeness (QED) is 0.507. The highest BCUT2D eigenvalue weighted by Gasteiger charge is 2.19. The molecular weight excluding hydrogens is 332 g/mol. The summed E-state index contributed by atoms with van der Waals surface area (Å²) in [5.41, 5.74) is 8.97. The maximum Gasteiger partial charge on any atom is 0.151 e. The van der Waals surface area contributed by atoms with Gasteiger partial charge in [0.1, 0.15) is 17.4 Å². The number of aromatic nitrogens is 3. The number of methoxy groups -OCH3 is 1. The maximum atomic E-state index is 6.05. The summed E-state index contributed by atoms with van der Waals surface area (Å²) in [4.78, 5) is 10.3. The van der Waals surface area contributed by atoms with E-state index in [9.17, 15) is 0 Å². The van der Waals surface area contributed by atoms with Crippen LogP contribution in [0.5, 0.6) is 0 Å². The highest BCUT2D eigenvalue weighted by atomic mass is 32.2. The topological polar surface area (TPSA) is 66.0 Å². The Hall–Kier alpha value is -2.05. The average molecular weight is 356 g/mol. The highest BCUT2D eigenvalue weighted by molar-refractivity contribution is 7.99. The standard InChI is InChI=1S/C19H24N4OS/c1-13-12-21-18(20)16-17(13)23(19(22-16)14(2)24-3)10-7-11-25-15-8-5-4-6-9-15/h4-6,8-9,12,14H,7,10-11H2,1-3H3,(H2,20,21). The van der Waals surface area contributed by atoms with Crippen LogP contribution in [-0.4, -0.2) is 27.4 Å². The van der Waals surface area contributed by atoms with Crippen LogP contribution < -0.4 is 5.73 Å². The summed E-state index contributed by atoms with van der Waals surface area (Å²) in [7, 11) is 1.70. The number of pyridine rings is 1. The molecule has 0 radical (unpaired) electrons. The lowest BCUT2D eigenvalue weighted by Gasteiger charge is -2.14. The summed E-state index contributed by atoms with van der Waals surface area (Å²) in [6, 6.07) is 10.5. The molecule has 0 saturated heterocycles. The summed E-state index contributed by atoms with van der Waals surface area (Å²) >= 11 is 1.87. The van der Waals surface area contributed by atoms with Crippen molar-refractivity contribution >= 4 is 28.6 Å². The van der Waals surface area contributed by atoms with E-state index in [0.29, 0.717) is 5.82 Å². The fourth-order valence-corrected chi connectivity index (χ4v) is 3.77. The predicted molar refractivity (Wildman–Crippen MR) is 104 cm³/mol. The summed E-state index contributed by atoms with van der Waals surface area (Å²) in [6.07, 6.45) is 2.76. The van der Waals surface area contributed by atoms with Crippen LogP contribution in [0.15, 0.2) is 41.4 Å². The van der Waals surface area contributed by atoms with Gasteiger partial charge in [-0.05, 0) is 43.7 Å². The van der Waals surface area contributed by atoms with Gasteiger partial charge in [-0.25, -0.2) is 9.97 Å². The second-order valence-electron chi connectivity index (χ2n) is 6.04. The van der Waals surface area contributed by atoms with Crippen molar-refractivity contribution < 1.29 is 4.74 Å². The smallest absolute Gasteiger partial charge is 0.151 e. The molecule has 0 aliphatic rings. The third-order valence-electron chi connectivity index (χ3n) is 4.27. The minimum absolute atomic E-state index is 0.0898. The van der Waals surface area contributed by atoms with Crippen LogP contribution in [0.4, 0.5) is 5.82 Å². The number of nitrogens with zero attached hydrogens (tertiary/aromatic N) is 3. The van der Waals surface area contributed by atoms with Gasteiger partial charge in [-0.15, -0.1) is 11.8 Å². The number of fused-ring (bicyclic) bond motifs is 1. The minimum Gasteiger partial charge on any atom is -0.382 e. The first-order valence-electron chi connectivity index (χ1n) is 8.43. The Kier molecular flexibility index (Phi) is 5.60. The van der Waals surface area contributed by atoms with E-state index in [1.54, 1.807) is 7.11 Å². The Labute approximate surface area is 152 Å². The second kappa shape index (κ2) is 7.89. The number of anilines is 1. The molecule has 2 aromatic heterocycles. The lowest BCUT2D eigenvalue weighted by molar-refractivity contribution is 0.109. The largest absolute Gasteiger partial charge is 0.382 e. The molecular formula is C19H24N4OS. The minimum atomic E-state index is -0.0898. The number of aryl methyl sites for hydroxylation is 2. The number of nitrogen functional groups attached to an aromatic ring is 1. The van der Waals surface area contributed by atoms with E-state index < -0.39 is 0 Å². The molecule has 25 heavy (non-hydrogen) atoms. The number of rotatable bonds is 7. The van der Waals surface area contributed by atoms with Crippen molar-refractivity contribution in [3.8, 4) is 0 Å². The van der Waals surface area contributed by atoms with Crippen LogP contribution in [0.25, 0.3) is 11.0 Å². The molecule has 2 N–H and O–H groups in total. The van der Waals surface area contributed by atoms with Crippen molar-refractivity contribution in [2.24, 2.45) is 0 Å². The zero-order chi connectivity index (χ0) is 17.8. The van der Waals surface area contributed by atoms with Gasteiger partial charge >= 0.3 is 0 Å². The van der Waals surface area contributed by atoms with Gasteiger partial charge in [0.05, 0.1) is 5.52 Å². The van der Waals surface area contributed by atoms with E-state index in [-0.39, 0.29) is 6.10 Å². The lowest BCUT2D eigenvalue weighted by Crippen LogP contribution is -2.09. The van der Waals surface area contributed by atoms with E-state index >= 15 is 0 Å². The maximum absolute atomic E-state index is 6.05. The molecule has 0 fully saturated rings. The SMILES string of the molecule is COC(C)c1nc2c(N)ncc(C)c2n1CCCSc1ccccc1. The van der Waals surface area contributed by atoms with Gasteiger partial charge in [0, 0.05) is 24.7 Å². The van der Waals surface area contributed by atoms with E-state index in [4.69, 9.17) is 15.5 Å². The summed E-state index contributed by atoms with van der Waals surface area (Å²) in [6.45, 7) is 4.94. The van der Waals surface area contributed by atoms with Gasteiger partial charge in [0.2, 0.25) is 0 Å². The number of hydrogen-bond donors (Lipinski definition) is 1. The first-order chi connectivity index (χ1) is 12.1. The molecule has 2 heterocycles. The lowest BCUT2D eigenvalue weighted by atomic mass is 10.2. The zero-order valence-corrected chi connectivity index (χ0v) is 15.7. The van der Waals surface area contributed by atoms with E-state index in [0.717, 1.165) is 41.1 Å². The van der Waals surface area contributed by atoms with E-state index in [2.05, 4.69) is 33.8 Å². The zero-order valence-electron chi connectivity index (χ0n) is 14.9. The molecule has 0 bridgehead atoms. The average Bonchev–Trinajstić information content (AvgIpc) is 3.03. The Morgan fingerprint density at radius 1 is 1.28 bits per heavy atom. The monoisotopic (exact) mass is 356 g/mol. The normalized spacial score (nSPS) is 12.6. The van der Waals surface area contributed by atoms with Crippen LogP contribution >= 0.6 is 11.8 Å². The fourth-order valence-electron chi connectivity index (χ4n) is 2.91. The molecule has 6 heteroatoms. The Morgan fingerprint density at radius 2 is 2.04 bits per heavy atom. The molecule has 0 saturated carbocycles. The number of benzene rings is 1. The van der Waals surface area contributed by atoms with Gasteiger partial charge < -0.3 is 15.0 Å². The van der Waals surface area contributed by atoms with Crippen molar-refractivity contribution in [2.45, 2.75) is 37.8 Å². The van der Waals surface area contributed by atoms with Crippen molar-refractivity contribution in [2.75, 3.05) is 18.6 Å². The molecule has 132 valence electrons. The van der Waals surface area contributed by atoms with Gasteiger partial charge in [0.25, 0.3) is 0 Å². The Balaban J connectivity index is 1.82. The third kappa shape index (κ3) is 3.80. The third-order valence-corrected chi connectivity index (χ3v) is 5.36. The van der Waals surface area contributed by atoms with Crippen molar-refractivity contribution in [3.05, 3.63) is 47.9 Å². The predicted octanol–water partition coefficient (Wildman–Crippen LogP) is 4.21. The molecule has 0 amide bonds. The number of thioether (sulfide) groups is 1.